The monoisotopic (exact) mass is 391 g/mol. The summed E-state index contributed by atoms with van der Waals surface area (Å²) < 4.78 is 3.95. The van der Waals surface area contributed by atoms with Crippen LogP contribution in [0.5, 0.6) is 0 Å². The molecule has 0 saturated carbocycles. The maximum Gasteiger partial charge on any atom is 0.113 e. The van der Waals surface area contributed by atoms with Crippen LogP contribution in [0.1, 0.15) is 22.9 Å². The Morgan fingerprint density at radius 3 is 2.28 bits per heavy atom. The Morgan fingerprint density at radius 1 is 1.00 bits per heavy atom. The van der Waals surface area contributed by atoms with Crippen LogP contribution in [-0.2, 0) is 16.6 Å². The van der Waals surface area contributed by atoms with E-state index in [1.165, 1.54) is 11.1 Å². The van der Waals surface area contributed by atoms with E-state index in [-0.39, 0.29) is 6.04 Å². The molecule has 0 aliphatic carbocycles. The molecule has 0 radical (unpaired) electrons. The Labute approximate surface area is 165 Å². The van der Waals surface area contributed by atoms with Crippen molar-refractivity contribution in [2.75, 3.05) is 0 Å². The number of carbonyl (C=O) groups is 2. The van der Waals surface area contributed by atoms with E-state index in [4.69, 9.17) is 19.8 Å². The second-order valence-corrected chi connectivity index (χ2v) is 6.31. The maximum atomic E-state index is 8.93. The van der Waals surface area contributed by atoms with Gasteiger partial charge in [-0.25, -0.2) is 9.67 Å². The molecule has 0 N–H and O–H groups in total. The van der Waals surface area contributed by atoms with Crippen LogP contribution in [0, 0.1) is 6.92 Å². The molecule has 0 fully saturated rings. The molecule has 0 amide bonds. The summed E-state index contributed by atoms with van der Waals surface area (Å²) in [5, 5.41) is 26.1. The lowest BCUT2D eigenvalue weighted by molar-refractivity contribution is -0.345. The van der Waals surface area contributed by atoms with Gasteiger partial charge in [0.2, 0.25) is 0 Å². The van der Waals surface area contributed by atoms with E-state index in [1.807, 2.05) is 32.4 Å². The van der Waals surface area contributed by atoms with Crippen molar-refractivity contribution < 1.29 is 19.8 Å². The number of carbonyl (C=O) groups excluding carboxylic acids is 2. The highest BCUT2D eigenvalue weighted by Crippen LogP contribution is 2.28. The van der Waals surface area contributed by atoms with Crippen molar-refractivity contribution in [1.29, 1.82) is 0 Å². The predicted molar refractivity (Wildman–Crippen MR) is 99.2 cm³/mol. The van der Waals surface area contributed by atoms with Gasteiger partial charge in [0.15, 0.2) is 0 Å². The van der Waals surface area contributed by atoms with E-state index in [2.05, 4.69) is 62.5 Å². The van der Waals surface area contributed by atoms with Gasteiger partial charge in [-0.15, -0.1) is 5.10 Å². The third-order valence-corrected chi connectivity index (χ3v) is 4.26. The highest BCUT2D eigenvalue weighted by molar-refractivity contribution is 6.25. The summed E-state index contributed by atoms with van der Waals surface area (Å²) >= 11 is 0. The molecule has 0 saturated heterocycles. The van der Waals surface area contributed by atoms with E-state index < -0.39 is 11.9 Å². The van der Waals surface area contributed by atoms with Crippen molar-refractivity contribution in [3.05, 3.63) is 77.9 Å². The van der Waals surface area contributed by atoms with Gasteiger partial charge in [0, 0.05) is 13.2 Å². The molecular formula is C20H17N5O4-2. The smallest absolute Gasteiger partial charge is 0.113 e. The third-order valence-electron chi connectivity index (χ3n) is 4.26. The van der Waals surface area contributed by atoms with Crippen LogP contribution in [-0.4, -0.2) is 36.5 Å². The molecule has 148 valence electrons. The second-order valence-electron chi connectivity index (χ2n) is 6.31. The molecule has 2 heterocycles. The van der Waals surface area contributed by atoms with Gasteiger partial charge in [0.25, 0.3) is 0 Å². The Bertz CT molecular complexity index is 1140. The van der Waals surface area contributed by atoms with Crippen LogP contribution in [0.15, 0.2) is 61.1 Å². The van der Waals surface area contributed by atoms with E-state index in [9.17, 15) is 0 Å². The molecule has 2 aromatic carbocycles. The van der Waals surface area contributed by atoms with Gasteiger partial charge < -0.3 is 24.4 Å². The van der Waals surface area contributed by atoms with Gasteiger partial charge in [0.05, 0.1) is 35.5 Å². The zero-order valence-electron chi connectivity index (χ0n) is 15.7. The minimum absolute atomic E-state index is 0.0803. The first kappa shape index (κ1) is 19.7. The summed E-state index contributed by atoms with van der Waals surface area (Å²) in [6, 6.07) is 16.8. The van der Waals surface area contributed by atoms with Crippen molar-refractivity contribution in [3.8, 4) is 0 Å². The number of aryl methyl sites for hydroxylation is 2. The Morgan fingerprint density at radius 2 is 1.69 bits per heavy atom. The fraction of sp³-hybridized carbons (Fsp3) is 0.150. The molecule has 0 aliphatic heterocycles. The van der Waals surface area contributed by atoms with E-state index in [1.54, 1.807) is 4.68 Å². The number of fused-ring (bicyclic) bond motifs is 1. The number of hydrogen-bond donors (Lipinski definition) is 0. The molecule has 0 spiro atoms. The van der Waals surface area contributed by atoms with Crippen LogP contribution >= 0.6 is 0 Å². The quantitative estimate of drug-likeness (QED) is 0.434. The number of carboxylic acids is 2. The fourth-order valence-corrected chi connectivity index (χ4v) is 2.97. The van der Waals surface area contributed by atoms with E-state index >= 15 is 0 Å². The molecule has 4 rings (SSSR count). The molecular weight excluding hydrogens is 374 g/mol. The number of imidazole rings is 1. The number of hydrogen-bond acceptors (Lipinski definition) is 7. The van der Waals surface area contributed by atoms with Gasteiger partial charge in [-0.05, 0) is 30.2 Å². The zero-order valence-corrected chi connectivity index (χ0v) is 15.7. The Hall–Kier alpha value is -4.01. The molecule has 0 bridgehead atoms. The van der Waals surface area contributed by atoms with Crippen molar-refractivity contribution in [1.82, 2.24) is 24.5 Å². The second kappa shape index (κ2) is 8.34. The lowest BCUT2D eigenvalue weighted by Gasteiger charge is -2.19. The number of nitrogens with zero attached hydrogens (tertiary/aromatic N) is 5. The van der Waals surface area contributed by atoms with Crippen molar-refractivity contribution in [3.63, 3.8) is 0 Å². The Kier molecular flexibility index (Phi) is 5.68. The highest BCUT2D eigenvalue weighted by atomic mass is 16.4. The normalized spacial score (nSPS) is 11.5. The summed E-state index contributed by atoms with van der Waals surface area (Å²) in [6.07, 6.45) is 3.96. The SMILES string of the molecule is Cc1cn(C(c2ccccc2)c2ccc3nnn(C)c3c2)cn1.O=C([O-])C(=O)[O-]. The van der Waals surface area contributed by atoms with Gasteiger partial charge >= 0.3 is 0 Å². The van der Waals surface area contributed by atoms with Gasteiger partial charge in [-0.1, -0.05) is 41.6 Å². The molecule has 1 atom stereocenters. The summed E-state index contributed by atoms with van der Waals surface area (Å²) in [5.74, 6) is -4.37. The maximum absolute atomic E-state index is 8.93. The van der Waals surface area contributed by atoms with Crippen LogP contribution in [0.3, 0.4) is 0 Å². The lowest BCUT2D eigenvalue weighted by Crippen LogP contribution is -2.42. The number of aliphatic carboxylic acids is 2. The summed E-state index contributed by atoms with van der Waals surface area (Å²) in [7, 11) is 1.91. The molecule has 9 nitrogen and oxygen atoms in total. The Balaban J connectivity index is 0.000000353. The number of benzene rings is 2. The average molecular weight is 391 g/mol. The number of rotatable bonds is 3. The van der Waals surface area contributed by atoms with Crippen molar-refractivity contribution >= 4 is 23.0 Å². The van der Waals surface area contributed by atoms with E-state index in [0.29, 0.717) is 0 Å². The van der Waals surface area contributed by atoms with Crippen molar-refractivity contribution in [2.24, 2.45) is 7.05 Å². The van der Waals surface area contributed by atoms with Gasteiger partial charge in [-0.3, -0.25) is 0 Å². The van der Waals surface area contributed by atoms with Gasteiger partial charge in [0.1, 0.15) is 5.52 Å². The largest absolute Gasteiger partial charge is 0.543 e. The molecule has 4 aromatic rings. The first-order chi connectivity index (χ1) is 13.9. The van der Waals surface area contributed by atoms with Crippen LogP contribution in [0.4, 0.5) is 0 Å². The highest BCUT2D eigenvalue weighted by Gasteiger charge is 2.17. The first-order valence-electron chi connectivity index (χ1n) is 8.63. The fourth-order valence-electron chi connectivity index (χ4n) is 2.97. The van der Waals surface area contributed by atoms with Crippen LogP contribution in [0.25, 0.3) is 11.0 Å². The van der Waals surface area contributed by atoms with E-state index in [0.717, 1.165) is 16.7 Å². The summed E-state index contributed by atoms with van der Waals surface area (Å²) in [6.45, 7) is 2.01. The summed E-state index contributed by atoms with van der Waals surface area (Å²) in [5.41, 5.74) is 5.35. The van der Waals surface area contributed by atoms with Gasteiger partial charge in [-0.2, -0.15) is 0 Å². The average Bonchev–Trinajstić information content (AvgIpc) is 3.29. The standard InChI is InChI=1S/C18H17N5.C2H2O4/c1-13-11-23(12-19-13)18(14-6-4-3-5-7-14)15-8-9-16-17(10-15)22(2)21-20-16;3-1(4)2(5)6/h3-12,18H,1-2H3;(H,3,4)(H,5,6)/p-2. The molecule has 9 heteroatoms. The minimum Gasteiger partial charge on any atom is -0.543 e. The molecule has 1 unspecified atom stereocenters. The molecule has 0 aliphatic rings. The predicted octanol–water partition coefficient (Wildman–Crippen LogP) is -0.403. The molecule has 2 aromatic heterocycles. The van der Waals surface area contributed by atoms with Crippen molar-refractivity contribution in [2.45, 2.75) is 13.0 Å². The number of aromatic nitrogens is 5. The minimum atomic E-state index is -2.19. The molecule has 29 heavy (non-hydrogen) atoms. The first-order valence-corrected chi connectivity index (χ1v) is 8.63. The van der Waals surface area contributed by atoms with Crippen LogP contribution in [0.2, 0.25) is 0 Å². The van der Waals surface area contributed by atoms with Crippen LogP contribution < -0.4 is 10.2 Å². The number of carboxylic acid groups (broad SMARTS) is 2. The summed E-state index contributed by atoms with van der Waals surface area (Å²) in [4.78, 5) is 22.2. The zero-order chi connectivity index (χ0) is 21.0. The topological polar surface area (TPSA) is 129 Å². The lowest BCUT2D eigenvalue weighted by atomic mass is 9.98. The third kappa shape index (κ3) is 4.46.